The average Bonchev–Trinajstić information content (AvgIpc) is 3.15. The fourth-order valence-corrected chi connectivity index (χ4v) is 4.83. The van der Waals surface area contributed by atoms with Crippen LogP contribution in [0.4, 0.5) is 5.13 Å². The minimum Gasteiger partial charge on any atom is -0.497 e. The number of aryl methyl sites for hydroxylation is 1. The Morgan fingerprint density at radius 3 is 2.63 bits per heavy atom. The molecular formula is C21H26N4O3S2. The summed E-state index contributed by atoms with van der Waals surface area (Å²) < 4.78 is 37.1. The van der Waals surface area contributed by atoms with Gasteiger partial charge in [-0.1, -0.05) is 29.8 Å². The van der Waals surface area contributed by atoms with Gasteiger partial charge in [-0.05, 0) is 50.1 Å². The van der Waals surface area contributed by atoms with Crippen LogP contribution in [0.2, 0.25) is 0 Å². The van der Waals surface area contributed by atoms with E-state index in [2.05, 4.69) is 44.5 Å². The second-order valence-corrected chi connectivity index (χ2v) is 9.56. The van der Waals surface area contributed by atoms with Gasteiger partial charge in [0.2, 0.25) is 15.2 Å². The molecule has 0 radical (unpaired) electrons. The number of methoxy groups -OCH3 is 1. The number of aromatic nitrogens is 2. The van der Waals surface area contributed by atoms with E-state index in [1.54, 1.807) is 19.2 Å². The van der Waals surface area contributed by atoms with Crippen molar-refractivity contribution >= 4 is 26.7 Å². The van der Waals surface area contributed by atoms with Gasteiger partial charge in [-0.25, -0.2) is 18.1 Å². The minimum atomic E-state index is -3.57. The zero-order valence-electron chi connectivity index (χ0n) is 17.3. The van der Waals surface area contributed by atoms with Gasteiger partial charge >= 0.3 is 0 Å². The number of anilines is 1. The van der Waals surface area contributed by atoms with Crippen molar-refractivity contribution in [2.24, 2.45) is 0 Å². The zero-order valence-corrected chi connectivity index (χ0v) is 18.9. The van der Waals surface area contributed by atoms with E-state index in [1.807, 2.05) is 13.0 Å². The number of nitrogens with one attached hydrogen (secondary N) is 2. The Bertz CT molecular complexity index is 1070. The van der Waals surface area contributed by atoms with Crippen molar-refractivity contribution in [3.8, 4) is 5.75 Å². The Kier molecular flexibility index (Phi) is 7.41. The van der Waals surface area contributed by atoms with Gasteiger partial charge in [-0.15, -0.1) is 0 Å². The van der Waals surface area contributed by atoms with Crippen LogP contribution in [0.1, 0.15) is 30.3 Å². The predicted octanol–water partition coefficient (Wildman–Crippen LogP) is 3.61. The molecule has 0 saturated carbocycles. The molecule has 9 heteroatoms. The molecule has 2 aromatic carbocycles. The molecule has 0 amide bonds. The molecule has 3 rings (SSSR count). The third-order valence-electron chi connectivity index (χ3n) is 4.49. The Morgan fingerprint density at radius 1 is 1.17 bits per heavy atom. The topological polar surface area (TPSA) is 93.2 Å². The van der Waals surface area contributed by atoms with E-state index in [9.17, 15) is 8.42 Å². The molecule has 2 N–H and O–H groups in total. The minimum absolute atomic E-state index is 0.216. The lowest BCUT2D eigenvalue weighted by molar-refractivity contribution is 0.414. The molecule has 1 aromatic heterocycles. The predicted molar refractivity (Wildman–Crippen MR) is 120 cm³/mol. The summed E-state index contributed by atoms with van der Waals surface area (Å²) in [7, 11) is -2.03. The Hall–Kier alpha value is -2.49. The van der Waals surface area contributed by atoms with Crippen LogP contribution in [-0.2, 0) is 16.4 Å². The third kappa shape index (κ3) is 6.25. The maximum absolute atomic E-state index is 12.5. The van der Waals surface area contributed by atoms with E-state index >= 15 is 0 Å². The molecule has 1 atom stereocenters. The van der Waals surface area contributed by atoms with Gasteiger partial charge in [-0.2, -0.15) is 4.37 Å². The molecule has 0 spiro atoms. The van der Waals surface area contributed by atoms with Crippen molar-refractivity contribution in [2.75, 3.05) is 19.0 Å². The molecule has 1 unspecified atom stereocenters. The largest absolute Gasteiger partial charge is 0.497 e. The molecule has 0 aliphatic heterocycles. The second kappa shape index (κ2) is 10.0. The molecular weight excluding hydrogens is 420 g/mol. The lowest BCUT2D eigenvalue weighted by atomic mass is 10.1. The summed E-state index contributed by atoms with van der Waals surface area (Å²) >= 11 is 1.32. The highest BCUT2D eigenvalue weighted by molar-refractivity contribution is 7.89. The standard InChI is InChI=1S/C21H26N4O3S2/c1-15-5-4-6-17(13-15)14-20-23-21(29-24-20)22-12-11-16(2)25-30(26,27)19-9-7-18(28-3)8-10-19/h4-10,13,16,25H,11-12,14H2,1-3H3,(H,22,23,24). The maximum Gasteiger partial charge on any atom is 0.240 e. The Labute approximate surface area is 181 Å². The van der Waals surface area contributed by atoms with Gasteiger partial charge in [0, 0.05) is 30.5 Å². The summed E-state index contributed by atoms with van der Waals surface area (Å²) in [6.07, 6.45) is 1.31. The summed E-state index contributed by atoms with van der Waals surface area (Å²) in [6, 6.07) is 14.4. The van der Waals surface area contributed by atoms with E-state index in [4.69, 9.17) is 4.74 Å². The molecule has 160 valence electrons. The maximum atomic E-state index is 12.5. The number of ether oxygens (including phenoxy) is 1. The first-order chi connectivity index (χ1) is 14.4. The van der Waals surface area contributed by atoms with Crippen molar-refractivity contribution in [3.05, 3.63) is 65.5 Å². The van der Waals surface area contributed by atoms with Crippen LogP contribution in [0, 0.1) is 6.92 Å². The third-order valence-corrected chi connectivity index (χ3v) is 6.81. The number of sulfonamides is 1. The number of nitrogens with zero attached hydrogens (tertiary/aromatic N) is 2. The molecule has 0 aliphatic rings. The summed E-state index contributed by atoms with van der Waals surface area (Å²) in [4.78, 5) is 4.73. The zero-order chi connectivity index (χ0) is 21.6. The SMILES string of the molecule is COc1ccc(S(=O)(=O)NC(C)CCNc2nc(Cc3cccc(C)c3)ns2)cc1. The van der Waals surface area contributed by atoms with Gasteiger partial charge in [-0.3, -0.25) is 0 Å². The highest BCUT2D eigenvalue weighted by Gasteiger charge is 2.17. The van der Waals surface area contributed by atoms with E-state index in [0.29, 0.717) is 25.1 Å². The van der Waals surface area contributed by atoms with Gasteiger partial charge in [0.15, 0.2) is 0 Å². The molecule has 0 aliphatic carbocycles. The summed E-state index contributed by atoms with van der Waals surface area (Å²) in [5.41, 5.74) is 2.40. The van der Waals surface area contributed by atoms with Crippen LogP contribution in [0.15, 0.2) is 53.4 Å². The molecule has 0 fully saturated rings. The fourth-order valence-electron chi connectivity index (χ4n) is 2.94. The van der Waals surface area contributed by atoms with E-state index in [0.717, 1.165) is 11.0 Å². The van der Waals surface area contributed by atoms with Crippen molar-refractivity contribution < 1.29 is 13.2 Å². The molecule has 7 nitrogen and oxygen atoms in total. The number of rotatable bonds is 10. The van der Waals surface area contributed by atoms with Gasteiger partial charge in [0.05, 0.1) is 12.0 Å². The van der Waals surface area contributed by atoms with Gasteiger partial charge in [0.1, 0.15) is 11.6 Å². The highest BCUT2D eigenvalue weighted by Crippen LogP contribution is 2.17. The monoisotopic (exact) mass is 446 g/mol. The fraction of sp³-hybridized carbons (Fsp3) is 0.333. The Morgan fingerprint density at radius 2 is 1.93 bits per heavy atom. The number of hydrogen-bond donors (Lipinski definition) is 2. The lowest BCUT2D eigenvalue weighted by Gasteiger charge is -2.14. The quantitative estimate of drug-likeness (QED) is 0.494. The van der Waals surface area contributed by atoms with Crippen LogP contribution < -0.4 is 14.8 Å². The first-order valence-corrected chi connectivity index (χ1v) is 11.9. The molecule has 3 aromatic rings. The van der Waals surface area contributed by atoms with Crippen LogP contribution in [0.25, 0.3) is 0 Å². The average molecular weight is 447 g/mol. The normalized spacial score (nSPS) is 12.5. The summed E-state index contributed by atoms with van der Waals surface area (Å²) in [6.45, 7) is 4.49. The number of hydrogen-bond acceptors (Lipinski definition) is 7. The first kappa shape index (κ1) is 22.2. The van der Waals surface area contributed by atoms with E-state index < -0.39 is 10.0 Å². The first-order valence-electron chi connectivity index (χ1n) is 9.64. The van der Waals surface area contributed by atoms with Crippen molar-refractivity contribution in [1.29, 1.82) is 0 Å². The number of benzene rings is 2. The van der Waals surface area contributed by atoms with Crippen molar-refractivity contribution in [2.45, 2.75) is 37.6 Å². The van der Waals surface area contributed by atoms with E-state index in [1.165, 1.54) is 34.8 Å². The lowest BCUT2D eigenvalue weighted by Crippen LogP contribution is -2.33. The summed E-state index contributed by atoms with van der Waals surface area (Å²) in [5, 5.41) is 3.97. The van der Waals surface area contributed by atoms with E-state index in [-0.39, 0.29) is 10.9 Å². The van der Waals surface area contributed by atoms with Gasteiger partial charge < -0.3 is 10.1 Å². The van der Waals surface area contributed by atoms with Crippen molar-refractivity contribution in [3.63, 3.8) is 0 Å². The molecule has 1 heterocycles. The summed E-state index contributed by atoms with van der Waals surface area (Å²) in [5.74, 6) is 1.39. The second-order valence-electron chi connectivity index (χ2n) is 7.09. The molecule has 0 saturated heterocycles. The Balaban J connectivity index is 1.47. The highest BCUT2D eigenvalue weighted by atomic mass is 32.2. The van der Waals surface area contributed by atoms with Gasteiger partial charge in [0.25, 0.3) is 0 Å². The van der Waals surface area contributed by atoms with Crippen molar-refractivity contribution in [1.82, 2.24) is 14.1 Å². The van der Waals surface area contributed by atoms with Crippen LogP contribution in [0.5, 0.6) is 5.75 Å². The van der Waals surface area contributed by atoms with Crippen LogP contribution in [-0.4, -0.2) is 37.5 Å². The van der Waals surface area contributed by atoms with Crippen LogP contribution in [0.3, 0.4) is 0 Å². The van der Waals surface area contributed by atoms with Crippen LogP contribution >= 0.6 is 11.5 Å². The molecule has 30 heavy (non-hydrogen) atoms. The molecule has 0 bridgehead atoms. The smallest absolute Gasteiger partial charge is 0.240 e.